The second-order valence-corrected chi connectivity index (χ2v) is 11.8. The minimum Gasteiger partial charge on any atom is -0.383 e. The monoisotopic (exact) mass is 592 g/mol. The Morgan fingerprint density at radius 2 is 1.82 bits per heavy atom. The SMILES string of the molecule is C=CC(=O)N1CCN(C(=O)N2CC[C@@](OC)(c3ccc(-n4c(-c5cccnc5N)nc5ccc(C6CC6)cc54)cn3)C2)CC1. The average molecular weight is 593 g/mol. The van der Waals surface area contributed by atoms with Gasteiger partial charge in [0, 0.05) is 52.5 Å². The molecule has 44 heavy (non-hydrogen) atoms. The van der Waals surface area contributed by atoms with Crippen molar-refractivity contribution < 1.29 is 14.3 Å². The Balaban J connectivity index is 1.17. The van der Waals surface area contributed by atoms with Gasteiger partial charge in [0.25, 0.3) is 0 Å². The first-order valence-electron chi connectivity index (χ1n) is 15.1. The molecule has 2 aliphatic heterocycles. The minimum absolute atomic E-state index is 0.0405. The third-order valence-electron chi connectivity index (χ3n) is 9.21. The zero-order valence-electron chi connectivity index (χ0n) is 24.9. The van der Waals surface area contributed by atoms with Gasteiger partial charge in [-0.05, 0) is 66.8 Å². The van der Waals surface area contributed by atoms with Gasteiger partial charge in [-0.2, -0.15) is 0 Å². The molecule has 0 unspecified atom stereocenters. The number of likely N-dealkylation sites (tertiary alicyclic amines) is 1. The van der Waals surface area contributed by atoms with Crippen molar-refractivity contribution in [1.29, 1.82) is 0 Å². The number of ether oxygens (including phenoxy) is 1. The molecule has 0 spiro atoms. The summed E-state index contributed by atoms with van der Waals surface area (Å²) in [7, 11) is 1.68. The number of piperazine rings is 1. The highest BCUT2D eigenvalue weighted by Crippen LogP contribution is 2.42. The molecule has 3 amide bonds. The van der Waals surface area contributed by atoms with Crippen LogP contribution in [0.3, 0.4) is 0 Å². The summed E-state index contributed by atoms with van der Waals surface area (Å²) in [5.41, 5.74) is 11.2. The largest absolute Gasteiger partial charge is 0.383 e. The molecule has 2 N–H and O–H groups in total. The average Bonchev–Trinajstić information content (AvgIpc) is 3.71. The van der Waals surface area contributed by atoms with Gasteiger partial charge in [0.05, 0.1) is 40.7 Å². The van der Waals surface area contributed by atoms with Gasteiger partial charge in [-0.25, -0.2) is 14.8 Å². The summed E-state index contributed by atoms with van der Waals surface area (Å²) in [6.07, 6.45) is 7.89. The van der Waals surface area contributed by atoms with E-state index in [1.54, 1.807) is 23.1 Å². The van der Waals surface area contributed by atoms with E-state index >= 15 is 0 Å². The van der Waals surface area contributed by atoms with Gasteiger partial charge in [-0.3, -0.25) is 14.3 Å². The number of benzene rings is 1. The van der Waals surface area contributed by atoms with E-state index < -0.39 is 5.60 Å². The van der Waals surface area contributed by atoms with Gasteiger partial charge in [-0.15, -0.1) is 0 Å². The molecule has 1 aliphatic carbocycles. The zero-order valence-corrected chi connectivity index (χ0v) is 24.9. The van der Waals surface area contributed by atoms with Crippen molar-refractivity contribution in [3.05, 3.63) is 78.8 Å². The Bertz CT molecular complexity index is 1740. The molecule has 3 aliphatic rings. The number of amides is 3. The molecule has 1 atom stereocenters. The highest BCUT2D eigenvalue weighted by molar-refractivity contribution is 5.87. The molecule has 1 saturated carbocycles. The van der Waals surface area contributed by atoms with Crippen LogP contribution in [0.4, 0.5) is 10.6 Å². The summed E-state index contributed by atoms with van der Waals surface area (Å²) < 4.78 is 8.19. The zero-order chi connectivity index (χ0) is 30.4. The lowest BCUT2D eigenvalue weighted by atomic mass is 9.97. The van der Waals surface area contributed by atoms with Crippen molar-refractivity contribution in [3.8, 4) is 17.1 Å². The fraction of sp³-hybridized carbons (Fsp3) is 0.364. The maximum atomic E-state index is 13.4. The smallest absolute Gasteiger partial charge is 0.320 e. The van der Waals surface area contributed by atoms with Crippen LogP contribution < -0.4 is 5.73 Å². The lowest BCUT2D eigenvalue weighted by Gasteiger charge is -2.36. The number of hydrogen-bond donors (Lipinski definition) is 1. The Hall–Kier alpha value is -4.77. The molecule has 11 nitrogen and oxygen atoms in total. The summed E-state index contributed by atoms with van der Waals surface area (Å²) in [6, 6.07) is 14.3. The number of fused-ring (bicyclic) bond motifs is 1. The van der Waals surface area contributed by atoms with Crippen LogP contribution >= 0.6 is 0 Å². The second kappa shape index (κ2) is 11.1. The number of aromatic nitrogens is 4. The van der Waals surface area contributed by atoms with Crippen LogP contribution in [0.5, 0.6) is 0 Å². The van der Waals surface area contributed by atoms with Crippen LogP contribution in [0.1, 0.15) is 36.4 Å². The molecule has 3 aromatic heterocycles. The molecule has 1 aromatic carbocycles. The number of nitrogens with two attached hydrogens (primary N) is 1. The van der Waals surface area contributed by atoms with Crippen molar-refractivity contribution >= 4 is 28.8 Å². The molecular formula is C33H36N8O3. The quantitative estimate of drug-likeness (QED) is 0.337. The Labute approximate surface area is 255 Å². The van der Waals surface area contributed by atoms with Crippen LogP contribution in [0.25, 0.3) is 28.1 Å². The van der Waals surface area contributed by atoms with E-state index in [1.165, 1.54) is 24.5 Å². The lowest BCUT2D eigenvalue weighted by molar-refractivity contribution is -0.127. The van der Waals surface area contributed by atoms with Crippen molar-refractivity contribution in [1.82, 2.24) is 34.2 Å². The van der Waals surface area contributed by atoms with E-state index in [2.05, 4.69) is 34.3 Å². The highest BCUT2D eigenvalue weighted by atomic mass is 16.5. The first kappa shape index (κ1) is 28.0. The fourth-order valence-electron chi connectivity index (χ4n) is 6.47. The molecule has 7 rings (SSSR count). The molecule has 0 bridgehead atoms. The molecule has 0 radical (unpaired) electrons. The van der Waals surface area contributed by atoms with Crippen molar-refractivity contribution in [3.63, 3.8) is 0 Å². The van der Waals surface area contributed by atoms with E-state index in [9.17, 15) is 9.59 Å². The summed E-state index contributed by atoms with van der Waals surface area (Å²) in [5, 5.41) is 0. The van der Waals surface area contributed by atoms with E-state index in [-0.39, 0.29) is 11.9 Å². The molecule has 2 saturated heterocycles. The number of carbonyl (C=O) groups is 2. The molecule has 3 fully saturated rings. The summed E-state index contributed by atoms with van der Waals surface area (Å²) >= 11 is 0. The van der Waals surface area contributed by atoms with Crippen LogP contribution in [0.2, 0.25) is 0 Å². The maximum absolute atomic E-state index is 13.4. The first-order valence-corrected chi connectivity index (χ1v) is 15.1. The van der Waals surface area contributed by atoms with Crippen molar-refractivity contribution in [2.75, 3.05) is 52.1 Å². The Morgan fingerprint density at radius 3 is 2.50 bits per heavy atom. The number of rotatable bonds is 6. The number of nitrogen functional groups attached to an aromatic ring is 1. The Morgan fingerprint density at radius 1 is 1.02 bits per heavy atom. The molecule has 11 heteroatoms. The van der Waals surface area contributed by atoms with E-state index in [1.807, 2.05) is 35.4 Å². The van der Waals surface area contributed by atoms with Gasteiger partial charge < -0.3 is 25.2 Å². The van der Waals surface area contributed by atoms with Gasteiger partial charge in [0.1, 0.15) is 17.2 Å². The predicted octanol–water partition coefficient (Wildman–Crippen LogP) is 3.94. The highest BCUT2D eigenvalue weighted by Gasteiger charge is 2.44. The molecule has 226 valence electrons. The second-order valence-electron chi connectivity index (χ2n) is 11.8. The van der Waals surface area contributed by atoms with Crippen LogP contribution in [0, 0.1) is 0 Å². The van der Waals surface area contributed by atoms with Gasteiger partial charge in [0.2, 0.25) is 5.91 Å². The molecule has 5 heterocycles. The molecule has 4 aromatic rings. The van der Waals surface area contributed by atoms with Gasteiger partial charge >= 0.3 is 6.03 Å². The number of pyridine rings is 2. The normalized spacial score (nSPS) is 20.3. The maximum Gasteiger partial charge on any atom is 0.320 e. The van der Waals surface area contributed by atoms with E-state index in [0.29, 0.717) is 63.2 Å². The summed E-state index contributed by atoms with van der Waals surface area (Å²) in [6.45, 7) is 6.51. The van der Waals surface area contributed by atoms with Crippen LogP contribution in [-0.4, -0.2) is 92.5 Å². The Kier molecular flexibility index (Phi) is 7.04. The van der Waals surface area contributed by atoms with Crippen LogP contribution in [0.15, 0.2) is 67.5 Å². The summed E-state index contributed by atoms with van der Waals surface area (Å²) in [5.74, 6) is 1.62. The number of hydrogen-bond acceptors (Lipinski definition) is 7. The minimum atomic E-state index is -0.721. The topological polar surface area (TPSA) is 123 Å². The van der Waals surface area contributed by atoms with E-state index in [0.717, 1.165) is 28.0 Å². The number of imidazole rings is 1. The number of urea groups is 1. The number of methoxy groups -OCH3 is 1. The van der Waals surface area contributed by atoms with Gasteiger partial charge in [0.15, 0.2) is 0 Å². The number of anilines is 1. The standard InChI is InChI=1S/C33H36N8O3/c1-3-29(42)38-15-17-39(18-16-38)32(43)40-14-12-33(21-40,44-2)28-11-9-24(20-36-28)41-27-19-23(22-6-7-22)8-10-26(27)37-31(41)25-5-4-13-35-30(25)34/h3-5,8-11,13,19-20,22H,1,6-7,12,14-18,21H2,2H3,(H2,34,35)/t33-/m0/s1. The summed E-state index contributed by atoms with van der Waals surface area (Å²) in [4.78, 5) is 44.9. The van der Waals surface area contributed by atoms with Crippen molar-refractivity contribution in [2.24, 2.45) is 0 Å². The van der Waals surface area contributed by atoms with Gasteiger partial charge in [-0.1, -0.05) is 12.6 Å². The van der Waals surface area contributed by atoms with Crippen molar-refractivity contribution in [2.45, 2.75) is 30.8 Å². The third-order valence-corrected chi connectivity index (χ3v) is 9.21. The third kappa shape index (κ3) is 4.86. The van der Waals surface area contributed by atoms with E-state index in [4.69, 9.17) is 20.4 Å². The predicted molar refractivity (Wildman–Crippen MR) is 167 cm³/mol. The number of carbonyl (C=O) groups excluding carboxylic acids is 2. The number of nitrogens with zero attached hydrogens (tertiary/aromatic N) is 7. The van der Waals surface area contributed by atoms with Crippen LogP contribution in [-0.2, 0) is 15.1 Å². The first-order chi connectivity index (χ1) is 21.4. The fourth-order valence-corrected chi connectivity index (χ4v) is 6.47. The lowest BCUT2D eigenvalue weighted by Crippen LogP contribution is -2.53. The molecular weight excluding hydrogens is 556 g/mol.